The molecule has 0 bridgehead atoms. The van der Waals surface area contributed by atoms with Crippen LogP contribution >= 0.6 is 11.6 Å². The van der Waals surface area contributed by atoms with Crippen LogP contribution in [0, 0.1) is 0 Å². The molecule has 0 aromatic heterocycles. The standard InChI is InChI=1S/C7H16ClN/c1-4-7(6(3)8)9-5-2/h6-7,9H,4-5H2,1-3H3. The summed E-state index contributed by atoms with van der Waals surface area (Å²) in [7, 11) is 0. The summed E-state index contributed by atoms with van der Waals surface area (Å²) in [4.78, 5) is 0. The highest BCUT2D eigenvalue weighted by atomic mass is 35.5. The molecule has 0 heterocycles. The van der Waals surface area contributed by atoms with Gasteiger partial charge in [0.25, 0.3) is 0 Å². The summed E-state index contributed by atoms with van der Waals surface area (Å²) in [6.07, 6.45) is 1.11. The maximum atomic E-state index is 5.86. The number of rotatable bonds is 4. The number of nitrogens with one attached hydrogen (secondary N) is 1. The third-order valence-corrected chi connectivity index (χ3v) is 1.76. The lowest BCUT2D eigenvalue weighted by Gasteiger charge is -2.17. The highest BCUT2D eigenvalue weighted by Crippen LogP contribution is 2.04. The molecule has 0 aromatic carbocycles. The Kier molecular flexibility index (Phi) is 5.21. The van der Waals surface area contributed by atoms with Crippen LogP contribution in [0.15, 0.2) is 0 Å². The molecule has 0 radical (unpaired) electrons. The number of halogens is 1. The Balaban J connectivity index is 3.41. The molecule has 2 atom stereocenters. The van der Waals surface area contributed by atoms with Gasteiger partial charge in [0, 0.05) is 11.4 Å². The predicted molar refractivity (Wildman–Crippen MR) is 43.1 cm³/mol. The monoisotopic (exact) mass is 149 g/mol. The molecule has 0 saturated carbocycles. The largest absolute Gasteiger partial charge is 0.313 e. The van der Waals surface area contributed by atoms with E-state index in [0.29, 0.717) is 6.04 Å². The molecule has 0 rings (SSSR count). The van der Waals surface area contributed by atoms with E-state index in [0.717, 1.165) is 13.0 Å². The van der Waals surface area contributed by atoms with Gasteiger partial charge in [-0.25, -0.2) is 0 Å². The van der Waals surface area contributed by atoms with Crippen molar-refractivity contribution >= 4 is 11.6 Å². The molecular weight excluding hydrogens is 134 g/mol. The SMILES string of the molecule is CCNC(CC)C(C)Cl. The Hall–Kier alpha value is 0.250. The molecule has 0 aliphatic heterocycles. The van der Waals surface area contributed by atoms with Gasteiger partial charge in [0.05, 0.1) is 0 Å². The zero-order chi connectivity index (χ0) is 7.28. The molecule has 0 aromatic rings. The van der Waals surface area contributed by atoms with Crippen molar-refractivity contribution in [2.45, 2.75) is 38.6 Å². The molecule has 0 spiro atoms. The van der Waals surface area contributed by atoms with Crippen LogP contribution in [0.5, 0.6) is 0 Å². The second kappa shape index (κ2) is 5.07. The summed E-state index contributed by atoms with van der Waals surface area (Å²) in [6.45, 7) is 7.28. The first-order chi connectivity index (χ1) is 4.22. The minimum Gasteiger partial charge on any atom is -0.313 e. The van der Waals surface area contributed by atoms with Crippen LogP contribution in [-0.2, 0) is 0 Å². The van der Waals surface area contributed by atoms with E-state index >= 15 is 0 Å². The average Bonchev–Trinajstić information content (AvgIpc) is 1.82. The molecule has 56 valence electrons. The first-order valence-electron chi connectivity index (χ1n) is 3.59. The summed E-state index contributed by atoms with van der Waals surface area (Å²) < 4.78 is 0. The maximum absolute atomic E-state index is 5.86. The Morgan fingerprint density at radius 3 is 2.11 bits per heavy atom. The summed E-state index contributed by atoms with van der Waals surface area (Å²) in [5.41, 5.74) is 0. The van der Waals surface area contributed by atoms with E-state index in [2.05, 4.69) is 19.2 Å². The molecular formula is C7H16ClN. The van der Waals surface area contributed by atoms with Gasteiger partial charge in [-0.05, 0) is 19.9 Å². The van der Waals surface area contributed by atoms with Gasteiger partial charge in [0.1, 0.15) is 0 Å². The average molecular weight is 150 g/mol. The fourth-order valence-electron chi connectivity index (χ4n) is 0.894. The van der Waals surface area contributed by atoms with Crippen LogP contribution in [0.2, 0.25) is 0 Å². The zero-order valence-electron chi connectivity index (χ0n) is 6.45. The van der Waals surface area contributed by atoms with Crippen molar-refractivity contribution in [1.82, 2.24) is 5.32 Å². The van der Waals surface area contributed by atoms with E-state index in [1.807, 2.05) is 6.92 Å². The minimum absolute atomic E-state index is 0.245. The van der Waals surface area contributed by atoms with E-state index < -0.39 is 0 Å². The highest BCUT2D eigenvalue weighted by molar-refractivity contribution is 6.20. The molecule has 0 amide bonds. The summed E-state index contributed by atoms with van der Waals surface area (Å²) in [6, 6.07) is 0.483. The summed E-state index contributed by atoms with van der Waals surface area (Å²) in [5.74, 6) is 0. The minimum atomic E-state index is 0.245. The number of alkyl halides is 1. The number of hydrogen-bond donors (Lipinski definition) is 1. The van der Waals surface area contributed by atoms with Gasteiger partial charge in [-0.15, -0.1) is 11.6 Å². The van der Waals surface area contributed by atoms with Gasteiger partial charge in [-0.1, -0.05) is 13.8 Å². The van der Waals surface area contributed by atoms with Crippen molar-refractivity contribution in [3.63, 3.8) is 0 Å². The summed E-state index contributed by atoms with van der Waals surface area (Å²) in [5, 5.41) is 3.55. The highest BCUT2D eigenvalue weighted by Gasteiger charge is 2.09. The fourth-order valence-corrected chi connectivity index (χ4v) is 1.16. The second-order valence-electron chi connectivity index (χ2n) is 2.25. The van der Waals surface area contributed by atoms with Crippen molar-refractivity contribution < 1.29 is 0 Å². The van der Waals surface area contributed by atoms with E-state index in [1.165, 1.54) is 0 Å². The van der Waals surface area contributed by atoms with Crippen LogP contribution in [0.25, 0.3) is 0 Å². The van der Waals surface area contributed by atoms with E-state index in [1.54, 1.807) is 0 Å². The molecule has 2 unspecified atom stereocenters. The van der Waals surface area contributed by atoms with E-state index in [4.69, 9.17) is 11.6 Å². The van der Waals surface area contributed by atoms with Gasteiger partial charge in [-0.3, -0.25) is 0 Å². The second-order valence-corrected chi connectivity index (χ2v) is 2.94. The quantitative estimate of drug-likeness (QED) is 0.603. The lowest BCUT2D eigenvalue weighted by atomic mass is 10.2. The third kappa shape index (κ3) is 3.77. The van der Waals surface area contributed by atoms with E-state index in [9.17, 15) is 0 Å². The smallest absolute Gasteiger partial charge is 0.0461 e. The topological polar surface area (TPSA) is 12.0 Å². The van der Waals surface area contributed by atoms with E-state index in [-0.39, 0.29) is 5.38 Å². The Morgan fingerprint density at radius 1 is 1.44 bits per heavy atom. The maximum Gasteiger partial charge on any atom is 0.0461 e. The Bertz CT molecular complexity index is 63.9. The molecule has 0 aliphatic rings. The molecule has 0 aliphatic carbocycles. The van der Waals surface area contributed by atoms with Crippen molar-refractivity contribution in [3.8, 4) is 0 Å². The van der Waals surface area contributed by atoms with Crippen LogP contribution < -0.4 is 5.32 Å². The fraction of sp³-hybridized carbons (Fsp3) is 1.00. The van der Waals surface area contributed by atoms with Gasteiger partial charge in [-0.2, -0.15) is 0 Å². The van der Waals surface area contributed by atoms with Crippen molar-refractivity contribution in [2.75, 3.05) is 6.54 Å². The van der Waals surface area contributed by atoms with Gasteiger partial charge >= 0.3 is 0 Å². The Labute approximate surface area is 62.8 Å². The predicted octanol–water partition coefficient (Wildman–Crippen LogP) is 2.00. The van der Waals surface area contributed by atoms with Crippen molar-refractivity contribution in [1.29, 1.82) is 0 Å². The lowest BCUT2D eigenvalue weighted by Crippen LogP contribution is -2.34. The number of hydrogen-bond acceptors (Lipinski definition) is 1. The van der Waals surface area contributed by atoms with Crippen LogP contribution in [0.4, 0.5) is 0 Å². The first-order valence-corrected chi connectivity index (χ1v) is 4.03. The molecule has 9 heavy (non-hydrogen) atoms. The molecule has 2 heteroatoms. The summed E-state index contributed by atoms with van der Waals surface area (Å²) >= 11 is 5.86. The van der Waals surface area contributed by atoms with Crippen molar-refractivity contribution in [2.24, 2.45) is 0 Å². The third-order valence-electron chi connectivity index (χ3n) is 1.46. The van der Waals surface area contributed by atoms with Gasteiger partial charge in [0.2, 0.25) is 0 Å². The zero-order valence-corrected chi connectivity index (χ0v) is 7.20. The van der Waals surface area contributed by atoms with Crippen molar-refractivity contribution in [3.05, 3.63) is 0 Å². The van der Waals surface area contributed by atoms with Crippen LogP contribution in [-0.4, -0.2) is 18.0 Å². The molecule has 0 saturated heterocycles. The molecule has 1 N–H and O–H groups in total. The van der Waals surface area contributed by atoms with Gasteiger partial charge in [0.15, 0.2) is 0 Å². The lowest BCUT2D eigenvalue weighted by molar-refractivity contribution is 0.505. The first kappa shape index (κ1) is 9.25. The normalized spacial score (nSPS) is 17.3. The van der Waals surface area contributed by atoms with Crippen LogP contribution in [0.3, 0.4) is 0 Å². The van der Waals surface area contributed by atoms with Crippen LogP contribution in [0.1, 0.15) is 27.2 Å². The van der Waals surface area contributed by atoms with Gasteiger partial charge < -0.3 is 5.32 Å². The molecule has 0 fully saturated rings. The molecule has 1 nitrogen and oxygen atoms in total. The Morgan fingerprint density at radius 2 is 2.00 bits per heavy atom.